The Kier molecular flexibility index (Phi) is 4.84. The van der Waals surface area contributed by atoms with Gasteiger partial charge in [-0.2, -0.15) is 0 Å². The van der Waals surface area contributed by atoms with Gasteiger partial charge in [0.05, 0.1) is 6.04 Å². The quantitative estimate of drug-likeness (QED) is 0.897. The van der Waals surface area contributed by atoms with Crippen molar-refractivity contribution in [2.75, 3.05) is 0 Å². The van der Waals surface area contributed by atoms with Gasteiger partial charge in [0.15, 0.2) is 0 Å². The van der Waals surface area contributed by atoms with Gasteiger partial charge in [-0.15, -0.1) is 24.5 Å². The standard InChI is InChI=1S/C14H15F3N2OS/c1-9-8-21-13(19-9)10(2)18-7-11-4-3-5-12(6-11)20-14(15,16)17/h3-6,8,10,18H,7H2,1-2H3. The highest BCUT2D eigenvalue weighted by atomic mass is 32.1. The van der Waals surface area contributed by atoms with Crippen molar-refractivity contribution in [3.63, 3.8) is 0 Å². The number of hydrogen-bond acceptors (Lipinski definition) is 4. The number of alkyl halides is 3. The second-order valence-electron chi connectivity index (χ2n) is 4.62. The Labute approximate surface area is 124 Å². The number of nitrogens with one attached hydrogen (secondary N) is 1. The van der Waals surface area contributed by atoms with Crippen LogP contribution in [0, 0.1) is 6.92 Å². The van der Waals surface area contributed by atoms with Crippen molar-refractivity contribution < 1.29 is 17.9 Å². The van der Waals surface area contributed by atoms with E-state index in [0.717, 1.165) is 16.3 Å². The molecule has 2 rings (SSSR count). The summed E-state index contributed by atoms with van der Waals surface area (Å²) in [4.78, 5) is 4.37. The minimum Gasteiger partial charge on any atom is -0.406 e. The lowest BCUT2D eigenvalue weighted by molar-refractivity contribution is -0.274. The molecule has 0 fully saturated rings. The molecule has 0 bridgehead atoms. The summed E-state index contributed by atoms with van der Waals surface area (Å²) in [5.41, 5.74) is 1.68. The molecule has 0 aliphatic rings. The van der Waals surface area contributed by atoms with Crippen molar-refractivity contribution in [2.45, 2.75) is 32.8 Å². The third-order valence-electron chi connectivity index (χ3n) is 2.75. The number of rotatable bonds is 5. The Morgan fingerprint density at radius 3 is 2.76 bits per heavy atom. The van der Waals surface area contributed by atoms with E-state index in [1.54, 1.807) is 17.4 Å². The van der Waals surface area contributed by atoms with Crippen LogP contribution in [0.3, 0.4) is 0 Å². The molecule has 1 aromatic carbocycles. The van der Waals surface area contributed by atoms with Crippen LogP contribution in [0.15, 0.2) is 29.6 Å². The summed E-state index contributed by atoms with van der Waals surface area (Å²) in [7, 11) is 0. The summed E-state index contributed by atoms with van der Waals surface area (Å²) < 4.78 is 40.4. The van der Waals surface area contributed by atoms with Gasteiger partial charge in [0.25, 0.3) is 0 Å². The van der Waals surface area contributed by atoms with Gasteiger partial charge in [-0.05, 0) is 31.5 Å². The second-order valence-corrected chi connectivity index (χ2v) is 5.51. The maximum absolute atomic E-state index is 12.2. The minimum atomic E-state index is -4.67. The summed E-state index contributed by atoms with van der Waals surface area (Å²) in [5, 5.41) is 6.15. The predicted octanol–water partition coefficient (Wildman–Crippen LogP) is 4.20. The first-order valence-corrected chi connectivity index (χ1v) is 7.21. The van der Waals surface area contributed by atoms with Gasteiger partial charge >= 0.3 is 6.36 Å². The summed E-state index contributed by atoms with van der Waals surface area (Å²) in [6.07, 6.45) is -4.67. The highest BCUT2D eigenvalue weighted by Crippen LogP contribution is 2.24. The Bertz CT molecular complexity index is 598. The van der Waals surface area contributed by atoms with Crippen molar-refractivity contribution in [3.05, 3.63) is 45.9 Å². The van der Waals surface area contributed by atoms with Crippen LogP contribution in [0.25, 0.3) is 0 Å². The molecule has 1 unspecified atom stereocenters. The zero-order valence-corrected chi connectivity index (χ0v) is 12.4. The van der Waals surface area contributed by atoms with E-state index in [4.69, 9.17) is 0 Å². The Morgan fingerprint density at radius 2 is 2.14 bits per heavy atom. The molecule has 7 heteroatoms. The average molecular weight is 316 g/mol. The van der Waals surface area contributed by atoms with Crippen molar-refractivity contribution in [3.8, 4) is 5.75 Å². The monoisotopic (exact) mass is 316 g/mol. The average Bonchev–Trinajstić information content (AvgIpc) is 2.81. The van der Waals surface area contributed by atoms with Gasteiger partial charge in [-0.25, -0.2) is 4.98 Å². The normalized spacial score (nSPS) is 13.2. The molecule has 0 amide bonds. The SMILES string of the molecule is Cc1csc(C(C)NCc2cccc(OC(F)(F)F)c2)n1. The number of halogens is 3. The van der Waals surface area contributed by atoms with E-state index in [0.29, 0.717) is 6.54 Å². The molecule has 0 aliphatic heterocycles. The molecule has 0 aliphatic carbocycles. The molecule has 114 valence electrons. The van der Waals surface area contributed by atoms with Gasteiger partial charge in [-0.1, -0.05) is 12.1 Å². The molecule has 21 heavy (non-hydrogen) atoms. The zero-order chi connectivity index (χ0) is 15.5. The van der Waals surface area contributed by atoms with Crippen molar-refractivity contribution >= 4 is 11.3 Å². The fourth-order valence-corrected chi connectivity index (χ4v) is 2.61. The molecule has 2 aromatic rings. The van der Waals surface area contributed by atoms with E-state index in [1.165, 1.54) is 18.2 Å². The number of aryl methyl sites for hydroxylation is 1. The molecule has 1 heterocycles. The molecule has 0 saturated carbocycles. The van der Waals surface area contributed by atoms with Crippen molar-refractivity contribution in [1.82, 2.24) is 10.3 Å². The van der Waals surface area contributed by atoms with Crippen LogP contribution in [0.5, 0.6) is 5.75 Å². The van der Waals surface area contributed by atoms with Crippen molar-refractivity contribution in [2.24, 2.45) is 0 Å². The topological polar surface area (TPSA) is 34.1 Å². The Morgan fingerprint density at radius 1 is 1.38 bits per heavy atom. The first-order valence-electron chi connectivity index (χ1n) is 6.33. The van der Waals surface area contributed by atoms with Gasteiger partial charge in [-0.3, -0.25) is 0 Å². The van der Waals surface area contributed by atoms with E-state index in [2.05, 4.69) is 15.0 Å². The summed E-state index contributed by atoms with van der Waals surface area (Å²) in [5.74, 6) is -0.209. The number of hydrogen-bond donors (Lipinski definition) is 1. The fourth-order valence-electron chi connectivity index (χ4n) is 1.78. The van der Waals surface area contributed by atoms with Crippen LogP contribution >= 0.6 is 11.3 Å². The first kappa shape index (κ1) is 15.8. The molecular formula is C14H15F3N2OS. The molecule has 0 saturated heterocycles. The van der Waals surface area contributed by atoms with Crippen LogP contribution in [0.1, 0.15) is 29.2 Å². The molecule has 0 radical (unpaired) electrons. The molecule has 0 spiro atoms. The van der Waals surface area contributed by atoms with Gasteiger partial charge < -0.3 is 10.1 Å². The summed E-state index contributed by atoms with van der Waals surface area (Å²) in [6.45, 7) is 4.33. The largest absolute Gasteiger partial charge is 0.573 e. The lowest BCUT2D eigenvalue weighted by atomic mass is 10.2. The zero-order valence-electron chi connectivity index (χ0n) is 11.6. The van der Waals surface area contributed by atoms with Crippen molar-refractivity contribution in [1.29, 1.82) is 0 Å². The third kappa shape index (κ3) is 5.02. The van der Waals surface area contributed by atoms with Crippen LogP contribution in [-0.4, -0.2) is 11.3 Å². The summed E-state index contributed by atoms with van der Waals surface area (Å²) in [6, 6.07) is 5.98. The van der Waals surface area contributed by atoms with Gasteiger partial charge in [0.2, 0.25) is 0 Å². The van der Waals surface area contributed by atoms with E-state index < -0.39 is 6.36 Å². The van der Waals surface area contributed by atoms with E-state index in [-0.39, 0.29) is 11.8 Å². The van der Waals surface area contributed by atoms with E-state index >= 15 is 0 Å². The molecule has 1 aromatic heterocycles. The van der Waals surface area contributed by atoms with Crippen LogP contribution < -0.4 is 10.1 Å². The maximum atomic E-state index is 12.2. The molecule has 1 N–H and O–H groups in total. The highest BCUT2D eigenvalue weighted by molar-refractivity contribution is 7.09. The number of nitrogens with zero attached hydrogens (tertiary/aromatic N) is 1. The molecule has 1 atom stereocenters. The predicted molar refractivity (Wildman–Crippen MR) is 75.2 cm³/mol. The number of benzene rings is 1. The Balaban J connectivity index is 1.95. The first-order chi connectivity index (χ1) is 9.83. The lowest BCUT2D eigenvalue weighted by Crippen LogP contribution is -2.19. The highest BCUT2D eigenvalue weighted by Gasteiger charge is 2.31. The van der Waals surface area contributed by atoms with Crippen LogP contribution in [0.4, 0.5) is 13.2 Å². The van der Waals surface area contributed by atoms with E-state index in [1.807, 2.05) is 19.2 Å². The molecular weight excluding hydrogens is 301 g/mol. The number of aromatic nitrogens is 1. The third-order valence-corrected chi connectivity index (χ3v) is 3.90. The smallest absolute Gasteiger partial charge is 0.406 e. The summed E-state index contributed by atoms with van der Waals surface area (Å²) >= 11 is 1.56. The number of ether oxygens (including phenoxy) is 1. The Hall–Kier alpha value is -1.60. The fraction of sp³-hybridized carbons (Fsp3) is 0.357. The number of thiazole rings is 1. The van der Waals surface area contributed by atoms with Crippen LogP contribution in [-0.2, 0) is 6.54 Å². The van der Waals surface area contributed by atoms with E-state index in [9.17, 15) is 13.2 Å². The minimum absolute atomic E-state index is 0.0379. The van der Waals surface area contributed by atoms with Gasteiger partial charge in [0, 0.05) is 17.6 Å². The lowest BCUT2D eigenvalue weighted by Gasteiger charge is -2.13. The molecule has 3 nitrogen and oxygen atoms in total. The van der Waals surface area contributed by atoms with Gasteiger partial charge in [0.1, 0.15) is 10.8 Å². The second kappa shape index (κ2) is 6.44. The van der Waals surface area contributed by atoms with Crippen LogP contribution in [0.2, 0.25) is 0 Å². The maximum Gasteiger partial charge on any atom is 0.573 e.